The van der Waals surface area contributed by atoms with Crippen molar-refractivity contribution in [3.63, 3.8) is 0 Å². The molecule has 7 nitrogen and oxygen atoms in total. The highest BCUT2D eigenvalue weighted by Crippen LogP contribution is 2.32. The van der Waals surface area contributed by atoms with Crippen molar-refractivity contribution in [2.75, 3.05) is 53.1 Å². The van der Waals surface area contributed by atoms with E-state index in [-0.39, 0.29) is 0 Å². The Bertz CT molecular complexity index is 835. The van der Waals surface area contributed by atoms with Gasteiger partial charge in [0.25, 0.3) is 0 Å². The largest absolute Gasteiger partial charge is 0.454 e. The minimum Gasteiger partial charge on any atom is -0.454 e. The highest BCUT2D eigenvalue weighted by molar-refractivity contribution is 5.79. The summed E-state index contributed by atoms with van der Waals surface area (Å²) >= 11 is 0. The number of guanidine groups is 1. The Morgan fingerprint density at radius 2 is 1.67 bits per heavy atom. The van der Waals surface area contributed by atoms with E-state index in [0.29, 0.717) is 13.3 Å². The lowest BCUT2D eigenvalue weighted by atomic mass is 10.2. The maximum absolute atomic E-state index is 5.44. The number of rotatable bonds is 7. The molecule has 0 unspecified atom stereocenters. The van der Waals surface area contributed by atoms with Gasteiger partial charge in [0.2, 0.25) is 6.79 Å². The van der Waals surface area contributed by atoms with Gasteiger partial charge in [0.05, 0.1) is 0 Å². The number of nitrogens with zero attached hydrogens (tertiary/aromatic N) is 3. The van der Waals surface area contributed by atoms with Gasteiger partial charge in [-0.15, -0.1) is 0 Å². The van der Waals surface area contributed by atoms with E-state index in [0.717, 1.165) is 68.8 Å². The molecule has 2 aliphatic heterocycles. The highest BCUT2D eigenvalue weighted by Gasteiger charge is 2.17. The molecule has 160 valence electrons. The van der Waals surface area contributed by atoms with Crippen LogP contribution in [0.25, 0.3) is 0 Å². The molecule has 0 aliphatic carbocycles. The molecule has 0 saturated carbocycles. The second-order valence-electron chi connectivity index (χ2n) is 7.64. The fourth-order valence-electron chi connectivity index (χ4n) is 3.80. The van der Waals surface area contributed by atoms with Gasteiger partial charge in [-0.25, -0.2) is 0 Å². The van der Waals surface area contributed by atoms with Gasteiger partial charge in [-0.3, -0.25) is 14.8 Å². The van der Waals surface area contributed by atoms with Crippen LogP contribution < -0.4 is 20.1 Å². The van der Waals surface area contributed by atoms with Crippen molar-refractivity contribution < 1.29 is 9.47 Å². The molecule has 2 aromatic carbocycles. The van der Waals surface area contributed by atoms with Crippen LogP contribution >= 0.6 is 0 Å². The Kier molecular flexibility index (Phi) is 7.05. The Hall–Kier alpha value is -2.77. The molecule has 2 aliphatic rings. The van der Waals surface area contributed by atoms with Crippen LogP contribution in [0.5, 0.6) is 11.5 Å². The molecule has 0 bridgehead atoms. The van der Waals surface area contributed by atoms with Crippen LogP contribution in [0, 0.1) is 0 Å². The topological polar surface area (TPSA) is 61.4 Å². The predicted molar refractivity (Wildman–Crippen MR) is 119 cm³/mol. The summed E-state index contributed by atoms with van der Waals surface area (Å²) in [6, 6.07) is 16.7. The molecule has 0 aromatic heterocycles. The number of benzene rings is 2. The van der Waals surface area contributed by atoms with Crippen molar-refractivity contribution in [2.24, 2.45) is 4.99 Å². The van der Waals surface area contributed by atoms with E-state index in [2.05, 4.69) is 55.8 Å². The zero-order valence-corrected chi connectivity index (χ0v) is 17.6. The first-order valence-corrected chi connectivity index (χ1v) is 10.6. The van der Waals surface area contributed by atoms with E-state index in [4.69, 9.17) is 9.47 Å². The first-order valence-electron chi connectivity index (χ1n) is 10.6. The minimum atomic E-state index is 0.302. The van der Waals surface area contributed by atoms with Crippen LogP contribution in [-0.4, -0.2) is 68.9 Å². The molecule has 2 aromatic rings. The van der Waals surface area contributed by atoms with Crippen LogP contribution in [0.15, 0.2) is 53.5 Å². The molecule has 2 N–H and O–H groups in total. The number of piperazine rings is 1. The van der Waals surface area contributed by atoms with Crippen molar-refractivity contribution in [3.8, 4) is 11.5 Å². The molecule has 0 radical (unpaired) electrons. The average molecular weight is 410 g/mol. The molecular formula is C23H31N5O2. The van der Waals surface area contributed by atoms with Gasteiger partial charge in [0.15, 0.2) is 17.5 Å². The van der Waals surface area contributed by atoms with Gasteiger partial charge >= 0.3 is 0 Å². The number of fused-ring (bicyclic) bond motifs is 1. The maximum Gasteiger partial charge on any atom is 0.231 e. The van der Waals surface area contributed by atoms with Gasteiger partial charge in [-0.05, 0) is 23.3 Å². The summed E-state index contributed by atoms with van der Waals surface area (Å²) < 4.78 is 10.8. The fourth-order valence-corrected chi connectivity index (χ4v) is 3.80. The summed E-state index contributed by atoms with van der Waals surface area (Å²) in [5.41, 5.74) is 2.53. The lowest BCUT2D eigenvalue weighted by Crippen LogP contribution is -2.48. The quantitative estimate of drug-likeness (QED) is 0.538. The van der Waals surface area contributed by atoms with E-state index >= 15 is 0 Å². The number of ether oxygens (including phenoxy) is 2. The maximum atomic E-state index is 5.44. The van der Waals surface area contributed by atoms with Crippen LogP contribution in [0.2, 0.25) is 0 Å². The summed E-state index contributed by atoms with van der Waals surface area (Å²) in [5.74, 6) is 2.43. The fraction of sp³-hybridized carbons (Fsp3) is 0.435. The second-order valence-corrected chi connectivity index (χ2v) is 7.64. The first-order chi connectivity index (χ1) is 14.8. The number of hydrogen-bond acceptors (Lipinski definition) is 5. The molecule has 30 heavy (non-hydrogen) atoms. The zero-order chi connectivity index (χ0) is 20.6. The normalized spacial score (nSPS) is 17.2. The summed E-state index contributed by atoms with van der Waals surface area (Å²) in [4.78, 5) is 9.38. The van der Waals surface area contributed by atoms with Crippen molar-refractivity contribution in [1.82, 2.24) is 20.4 Å². The first kappa shape index (κ1) is 20.5. The predicted octanol–water partition coefficient (Wildman–Crippen LogP) is 1.90. The Morgan fingerprint density at radius 3 is 2.47 bits per heavy atom. The molecule has 0 amide bonds. The monoisotopic (exact) mass is 409 g/mol. The smallest absolute Gasteiger partial charge is 0.231 e. The Balaban J connectivity index is 1.13. The van der Waals surface area contributed by atoms with Crippen molar-refractivity contribution >= 4 is 5.96 Å². The Labute approximate surface area is 178 Å². The molecule has 4 rings (SSSR count). The second kappa shape index (κ2) is 10.3. The van der Waals surface area contributed by atoms with Crippen molar-refractivity contribution in [1.29, 1.82) is 0 Å². The lowest BCUT2D eigenvalue weighted by Gasteiger charge is -2.34. The van der Waals surface area contributed by atoms with Crippen molar-refractivity contribution in [3.05, 3.63) is 59.7 Å². The van der Waals surface area contributed by atoms with Gasteiger partial charge < -0.3 is 20.1 Å². The summed E-state index contributed by atoms with van der Waals surface area (Å²) in [7, 11) is 1.80. The molecule has 1 saturated heterocycles. The highest BCUT2D eigenvalue weighted by atomic mass is 16.7. The average Bonchev–Trinajstić information content (AvgIpc) is 3.26. The van der Waals surface area contributed by atoms with Gasteiger partial charge in [0.1, 0.15) is 0 Å². The molecule has 2 heterocycles. The molecule has 7 heteroatoms. The van der Waals surface area contributed by atoms with E-state index in [1.54, 1.807) is 7.05 Å². The number of nitrogens with one attached hydrogen (secondary N) is 2. The van der Waals surface area contributed by atoms with E-state index in [1.807, 2.05) is 18.2 Å². The third kappa shape index (κ3) is 5.64. The number of aliphatic imine (C=N–C) groups is 1. The van der Waals surface area contributed by atoms with Crippen molar-refractivity contribution in [2.45, 2.75) is 13.1 Å². The number of hydrogen-bond donors (Lipinski definition) is 2. The van der Waals surface area contributed by atoms with Gasteiger partial charge in [-0.2, -0.15) is 0 Å². The van der Waals surface area contributed by atoms with Crippen LogP contribution in [-0.2, 0) is 13.1 Å². The lowest BCUT2D eigenvalue weighted by molar-refractivity contribution is 0.129. The van der Waals surface area contributed by atoms with Crippen LogP contribution in [0.4, 0.5) is 0 Å². The summed E-state index contributed by atoms with van der Waals surface area (Å²) in [6.45, 7) is 8.38. The molecule has 0 atom stereocenters. The zero-order valence-electron chi connectivity index (χ0n) is 17.6. The minimum absolute atomic E-state index is 0.302. The van der Waals surface area contributed by atoms with E-state index in [1.165, 1.54) is 5.56 Å². The van der Waals surface area contributed by atoms with Gasteiger partial charge in [0, 0.05) is 59.4 Å². The molecule has 0 spiro atoms. The molecule has 1 fully saturated rings. The molecular weight excluding hydrogens is 378 g/mol. The van der Waals surface area contributed by atoms with Crippen LogP contribution in [0.1, 0.15) is 11.1 Å². The van der Waals surface area contributed by atoms with E-state index in [9.17, 15) is 0 Å². The SMILES string of the molecule is CN=C(NCCN1CCN(Cc2ccccc2)CC1)NCc1ccc2c(c1)OCO2. The van der Waals surface area contributed by atoms with Crippen LogP contribution in [0.3, 0.4) is 0 Å². The van der Waals surface area contributed by atoms with Gasteiger partial charge in [-0.1, -0.05) is 36.4 Å². The summed E-state index contributed by atoms with van der Waals surface area (Å²) in [6.07, 6.45) is 0. The standard InChI is InChI=1S/C23H31N5O2/c1-24-23(26-16-20-7-8-21-22(15-20)30-18-29-21)25-9-10-27-11-13-28(14-12-27)17-19-5-3-2-4-6-19/h2-8,15H,9-14,16-18H2,1H3,(H2,24,25,26). The third-order valence-electron chi connectivity index (χ3n) is 5.55. The summed E-state index contributed by atoms with van der Waals surface area (Å²) in [5, 5.41) is 6.78. The van der Waals surface area contributed by atoms with E-state index < -0.39 is 0 Å². The third-order valence-corrected chi connectivity index (χ3v) is 5.55. The Morgan fingerprint density at radius 1 is 0.900 bits per heavy atom.